The molecular formula is C13H13BrN2O3S. The first kappa shape index (κ1) is 14.8. The number of hydrogen-bond donors (Lipinski definition) is 1. The van der Waals surface area contributed by atoms with Crippen molar-refractivity contribution in [1.82, 2.24) is 10.2 Å². The van der Waals surface area contributed by atoms with Crippen LogP contribution in [0.2, 0.25) is 0 Å². The van der Waals surface area contributed by atoms with Crippen LogP contribution in [0.1, 0.15) is 5.56 Å². The number of ether oxygens (including phenoxy) is 2. The molecule has 0 aromatic heterocycles. The van der Waals surface area contributed by atoms with Gasteiger partial charge in [0.2, 0.25) is 0 Å². The predicted octanol–water partition coefficient (Wildman–Crippen LogP) is 2.15. The third-order valence-electron chi connectivity index (χ3n) is 2.89. The Hall–Kier alpha value is -1.60. The number of carbonyl (C=O) groups is 1. The monoisotopic (exact) mass is 356 g/mol. The molecule has 5 nitrogen and oxygen atoms in total. The fourth-order valence-corrected chi connectivity index (χ4v) is 2.49. The largest absolute Gasteiger partial charge is 0.496 e. The first-order chi connectivity index (χ1) is 9.47. The van der Waals surface area contributed by atoms with Crippen LogP contribution in [0.4, 0.5) is 0 Å². The van der Waals surface area contributed by atoms with E-state index in [1.54, 1.807) is 33.4 Å². The second kappa shape index (κ2) is 5.80. The Kier molecular flexibility index (Phi) is 4.29. The van der Waals surface area contributed by atoms with Crippen LogP contribution < -0.4 is 14.8 Å². The quantitative estimate of drug-likeness (QED) is 0.664. The van der Waals surface area contributed by atoms with Crippen LogP contribution in [0.15, 0.2) is 22.3 Å². The highest BCUT2D eigenvalue weighted by Crippen LogP contribution is 2.34. The van der Waals surface area contributed by atoms with E-state index in [9.17, 15) is 4.79 Å². The molecule has 0 atom stereocenters. The number of halogens is 1. The van der Waals surface area contributed by atoms with Crippen molar-refractivity contribution in [2.24, 2.45) is 0 Å². The third kappa shape index (κ3) is 2.64. The van der Waals surface area contributed by atoms with E-state index < -0.39 is 0 Å². The van der Waals surface area contributed by atoms with Gasteiger partial charge < -0.3 is 14.8 Å². The molecule has 1 aliphatic rings. The van der Waals surface area contributed by atoms with Crippen LogP contribution in [0.5, 0.6) is 11.5 Å². The molecule has 106 valence electrons. The standard InChI is InChI=1S/C13H13BrN2O3S/c1-16-12(17)9(15-13(16)20)5-7-4-8(14)11(19-3)6-10(7)18-2/h4-6H,1-3H3,(H,15,20)/b9-5-. The molecule has 1 N–H and O–H groups in total. The van der Waals surface area contributed by atoms with Crippen LogP contribution in [0.3, 0.4) is 0 Å². The Morgan fingerprint density at radius 2 is 1.95 bits per heavy atom. The summed E-state index contributed by atoms with van der Waals surface area (Å²) in [4.78, 5) is 13.3. The number of carbonyl (C=O) groups excluding carboxylic acids is 1. The van der Waals surface area contributed by atoms with Crippen LogP contribution in [0, 0.1) is 0 Å². The van der Waals surface area contributed by atoms with E-state index in [1.807, 2.05) is 6.07 Å². The first-order valence-corrected chi connectivity index (χ1v) is 6.90. The molecule has 0 saturated carbocycles. The van der Waals surface area contributed by atoms with Gasteiger partial charge in [-0.1, -0.05) is 0 Å². The highest BCUT2D eigenvalue weighted by Gasteiger charge is 2.27. The van der Waals surface area contributed by atoms with Gasteiger partial charge in [-0.2, -0.15) is 0 Å². The molecule has 1 aromatic rings. The van der Waals surface area contributed by atoms with Gasteiger partial charge in [0.25, 0.3) is 5.91 Å². The van der Waals surface area contributed by atoms with Gasteiger partial charge in [0.1, 0.15) is 17.2 Å². The van der Waals surface area contributed by atoms with Crippen molar-refractivity contribution in [2.45, 2.75) is 0 Å². The zero-order chi connectivity index (χ0) is 14.9. The predicted molar refractivity (Wildman–Crippen MR) is 83.7 cm³/mol. The van der Waals surface area contributed by atoms with Crippen molar-refractivity contribution in [1.29, 1.82) is 0 Å². The minimum Gasteiger partial charge on any atom is -0.496 e. The molecular weight excluding hydrogens is 344 g/mol. The molecule has 1 aliphatic heterocycles. The molecule has 0 radical (unpaired) electrons. The maximum absolute atomic E-state index is 12.0. The molecule has 0 spiro atoms. The lowest BCUT2D eigenvalue weighted by atomic mass is 10.1. The summed E-state index contributed by atoms with van der Waals surface area (Å²) in [6, 6.07) is 3.57. The van der Waals surface area contributed by atoms with Crippen molar-refractivity contribution in [2.75, 3.05) is 21.3 Å². The second-order valence-corrected chi connectivity index (χ2v) is 5.32. The Bertz CT molecular complexity index is 616. The summed E-state index contributed by atoms with van der Waals surface area (Å²) in [6.45, 7) is 0. The van der Waals surface area contributed by atoms with Gasteiger partial charge in [0.15, 0.2) is 5.11 Å². The molecule has 0 aliphatic carbocycles. The van der Waals surface area contributed by atoms with Crippen LogP contribution in [-0.2, 0) is 4.79 Å². The maximum Gasteiger partial charge on any atom is 0.276 e. The van der Waals surface area contributed by atoms with Gasteiger partial charge in [-0.25, -0.2) is 0 Å². The maximum atomic E-state index is 12.0. The number of rotatable bonds is 3. The molecule has 20 heavy (non-hydrogen) atoms. The number of hydrogen-bond acceptors (Lipinski definition) is 4. The zero-order valence-corrected chi connectivity index (χ0v) is 13.6. The number of thiocarbonyl (C=S) groups is 1. The highest BCUT2D eigenvalue weighted by atomic mass is 79.9. The van der Waals surface area contributed by atoms with E-state index >= 15 is 0 Å². The topological polar surface area (TPSA) is 50.8 Å². The lowest BCUT2D eigenvalue weighted by molar-refractivity contribution is -0.121. The normalized spacial score (nSPS) is 16.6. The summed E-state index contributed by atoms with van der Waals surface area (Å²) in [5.74, 6) is 1.08. The fraction of sp³-hybridized carbons (Fsp3) is 0.231. The highest BCUT2D eigenvalue weighted by molar-refractivity contribution is 9.10. The smallest absolute Gasteiger partial charge is 0.276 e. The number of nitrogens with zero attached hydrogens (tertiary/aromatic N) is 1. The van der Waals surface area contributed by atoms with Crippen LogP contribution in [0.25, 0.3) is 6.08 Å². The van der Waals surface area contributed by atoms with Gasteiger partial charge in [-0.05, 0) is 40.3 Å². The lowest BCUT2D eigenvalue weighted by Crippen LogP contribution is -2.25. The molecule has 1 aromatic carbocycles. The van der Waals surface area contributed by atoms with Gasteiger partial charge in [0, 0.05) is 18.7 Å². The third-order valence-corrected chi connectivity index (χ3v) is 3.88. The summed E-state index contributed by atoms with van der Waals surface area (Å²) in [6.07, 6.45) is 1.70. The number of nitrogens with one attached hydrogen (secondary N) is 1. The summed E-state index contributed by atoms with van der Waals surface area (Å²) < 4.78 is 11.3. The Balaban J connectivity index is 2.46. The van der Waals surface area contributed by atoms with E-state index in [0.717, 1.165) is 10.0 Å². The average molecular weight is 357 g/mol. The van der Waals surface area contributed by atoms with Crippen LogP contribution in [-0.4, -0.2) is 37.2 Å². The van der Waals surface area contributed by atoms with Crippen molar-refractivity contribution in [3.8, 4) is 11.5 Å². The Morgan fingerprint density at radius 1 is 1.30 bits per heavy atom. The van der Waals surface area contributed by atoms with E-state index in [-0.39, 0.29) is 5.91 Å². The van der Waals surface area contributed by atoms with Crippen molar-refractivity contribution < 1.29 is 14.3 Å². The van der Waals surface area contributed by atoms with Crippen LogP contribution >= 0.6 is 28.1 Å². The molecule has 1 heterocycles. The first-order valence-electron chi connectivity index (χ1n) is 5.70. The molecule has 0 bridgehead atoms. The minimum absolute atomic E-state index is 0.177. The summed E-state index contributed by atoms with van der Waals surface area (Å²) >= 11 is 8.44. The number of benzene rings is 1. The lowest BCUT2D eigenvalue weighted by Gasteiger charge is -2.10. The zero-order valence-electron chi connectivity index (χ0n) is 11.2. The number of likely N-dealkylation sites (N-methyl/N-ethyl adjacent to an activating group) is 1. The van der Waals surface area contributed by atoms with E-state index in [0.29, 0.717) is 22.3 Å². The van der Waals surface area contributed by atoms with E-state index in [1.165, 1.54) is 4.90 Å². The molecule has 7 heteroatoms. The van der Waals surface area contributed by atoms with Gasteiger partial charge >= 0.3 is 0 Å². The minimum atomic E-state index is -0.177. The molecule has 1 saturated heterocycles. The van der Waals surface area contributed by atoms with E-state index in [2.05, 4.69) is 21.2 Å². The van der Waals surface area contributed by atoms with Gasteiger partial charge in [-0.15, -0.1) is 0 Å². The Labute approximate surface area is 130 Å². The van der Waals surface area contributed by atoms with Gasteiger partial charge in [0.05, 0.1) is 18.7 Å². The SMILES string of the molecule is COc1cc(OC)c(/C=C2\NC(=S)N(C)C2=O)cc1Br. The Morgan fingerprint density at radius 3 is 2.45 bits per heavy atom. The second-order valence-electron chi connectivity index (χ2n) is 4.08. The molecule has 1 amide bonds. The summed E-state index contributed by atoms with van der Waals surface area (Å²) in [5.41, 5.74) is 1.15. The number of methoxy groups -OCH3 is 2. The van der Waals surface area contributed by atoms with Crippen molar-refractivity contribution in [3.63, 3.8) is 0 Å². The molecule has 1 fully saturated rings. The molecule has 2 rings (SSSR count). The summed E-state index contributed by atoms with van der Waals surface area (Å²) in [7, 11) is 4.76. The van der Waals surface area contributed by atoms with Crippen molar-refractivity contribution >= 4 is 45.2 Å². The summed E-state index contributed by atoms with van der Waals surface area (Å²) in [5, 5.41) is 3.25. The van der Waals surface area contributed by atoms with Gasteiger partial charge in [-0.3, -0.25) is 9.69 Å². The number of amides is 1. The fourth-order valence-electron chi connectivity index (χ4n) is 1.77. The molecule has 0 unspecified atom stereocenters. The average Bonchev–Trinajstić information content (AvgIpc) is 2.67. The van der Waals surface area contributed by atoms with E-state index in [4.69, 9.17) is 21.7 Å². The van der Waals surface area contributed by atoms with Crippen molar-refractivity contribution in [3.05, 3.63) is 27.9 Å².